The van der Waals surface area contributed by atoms with Crippen LogP contribution in [-0.2, 0) is 0 Å². The molecule has 5 heteroatoms. The highest BCUT2D eigenvalue weighted by atomic mass is 35.5. The van der Waals surface area contributed by atoms with E-state index >= 15 is 0 Å². The molecule has 94 valence electrons. The third-order valence-corrected chi connectivity index (χ3v) is 3.03. The average Bonchev–Trinajstić information content (AvgIpc) is 2.35. The normalized spacial score (nSPS) is 10.2. The highest BCUT2D eigenvalue weighted by Gasteiger charge is 2.07. The van der Waals surface area contributed by atoms with Crippen LogP contribution in [0.4, 0.5) is 17.1 Å². The van der Waals surface area contributed by atoms with Crippen molar-refractivity contribution in [2.75, 3.05) is 18.2 Å². The number of hydrogen-bond donors (Lipinski definition) is 2. The van der Waals surface area contributed by atoms with E-state index in [4.69, 9.17) is 33.7 Å². The fraction of sp³-hybridized carbons (Fsp3) is 0.0769. The minimum Gasteiger partial charge on any atom is -0.495 e. The second-order valence-corrected chi connectivity index (χ2v) is 4.51. The first-order valence-corrected chi connectivity index (χ1v) is 6.02. The third-order valence-electron chi connectivity index (χ3n) is 2.49. The Kier molecular flexibility index (Phi) is 3.84. The molecule has 0 spiro atoms. The molecular formula is C13H12Cl2N2O. The zero-order valence-electron chi connectivity index (χ0n) is 9.71. The molecule has 0 fully saturated rings. The number of halogens is 2. The molecule has 0 unspecified atom stereocenters. The number of anilines is 3. The van der Waals surface area contributed by atoms with Gasteiger partial charge in [0.05, 0.1) is 29.2 Å². The van der Waals surface area contributed by atoms with Gasteiger partial charge in [-0.3, -0.25) is 0 Å². The number of nitrogens with two attached hydrogens (primary N) is 1. The van der Waals surface area contributed by atoms with Crippen molar-refractivity contribution in [3.8, 4) is 5.75 Å². The van der Waals surface area contributed by atoms with Crippen LogP contribution in [0, 0.1) is 0 Å². The number of rotatable bonds is 3. The molecule has 0 aliphatic carbocycles. The third kappa shape index (κ3) is 2.63. The first-order chi connectivity index (χ1) is 8.61. The summed E-state index contributed by atoms with van der Waals surface area (Å²) in [4.78, 5) is 0. The van der Waals surface area contributed by atoms with Gasteiger partial charge in [0.1, 0.15) is 5.75 Å². The first-order valence-electron chi connectivity index (χ1n) is 5.26. The summed E-state index contributed by atoms with van der Waals surface area (Å²) in [5.74, 6) is 0.616. The molecule has 0 saturated carbocycles. The van der Waals surface area contributed by atoms with Crippen LogP contribution < -0.4 is 15.8 Å². The molecule has 2 rings (SSSR count). The van der Waals surface area contributed by atoms with Crippen LogP contribution in [0.25, 0.3) is 0 Å². The summed E-state index contributed by atoms with van der Waals surface area (Å²) in [7, 11) is 1.57. The summed E-state index contributed by atoms with van der Waals surface area (Å²) < 4.78 is 5.15. The van der Waals surface area contributed by atoms with E-state index in [1.807, 2.05) is 12.1 Å². The highest BCUT2D eigenvalue weighted by molar-refractivity contribution is 6.36. The molecule has 2 aromatic carbocycles. The standard InChI is InChI=1S/C13H12Cl2N2O/c1-18-12-4-2-3-11(13(12)16)17-10-6-5-8(14)7-9(10)15/h2-7,17H,16H2,1H3. The van der Waals surface area contributed by atoms with Crippen molar-refractivity contribution in [2.24, 2.45) is 0 Å². The molecule has 0 aliphatic rings. The van der Waals surface area contributed by atoms with Crippen LogP contribution in [-0.4, -0.2) is 7.11 Å². The van der Waals surface area contributed by atoms with E-state index in [2.05, 4.69) is 5.32 Å². The van der Waals surface area contributed by atoms with Crippen LogP contribution in [0.1, 0.15) is 0 Å². The largest absolute Gasteiger partial charge is 0.495 e. The number of ether oxygens (including phenoxy) is 1. The second kappa shape index (κ2) is 5.38. The lowest BCUT2D eigenvalue weighted by atomic mass is 10.2. The molecule has 0 amide bonds. The Bertz CT molecular complexity index is 573. The van der Waals surface area contributed by atoms with Crippen molar-refractivity contribution in [3.63, 3.8) is 0 Å². The van der Waals surface area contributed by atoms with E-state index < -0.39 is 0 Å². The summed E-state index contributed by atoms with van der Waals surface area (Å²) in [6.07, 6.45) is 0. The molecule has 0 heterocycles. The van der Waals surface area contributed by atoms with Crippen molar-refractivity contribution in [1.29, 1.82) is 0 Å². The van der Waals surface area contributed by atoms with Gasteiger partial charge in [-0.1, -0.05) is 29.3 Å². The molecule has 0 bridgehead atoms. The average molecular weight is 283 g/mol. The van der Waals surface area contributed by atoms with Gasteiger partial charge in [-0.15, -0.1) is 0 Å². The van der Waals surface area contributed by atoms with Crippen molar-refractivity contribution >= 4 is 40.3 Å². The molecule has 2 aromatic rings. The number of nitrogens with one attached hydrogen (secondary N) is 1. The molecule has 3 nitrogen and oxygen atoms in total. The van der Waals surface area contributed by atoms with E-state index in [1.165, 1.54) is 0 Å². The SMILES string of the molecule is COc1cccc(Nc2ccc(Cl)cc2Cl)c1N. The van der Waals surface area contributed by atoms with E-state index in [1.54, 1.807) is 31.4 Å². The molecule has 3 N–H and O–H groups in total. The van der Waals surface area contributed by atoms with Gasteiger partial charge in [0.2, 0.25) is 0 Å². The van der Waals surface area contributed by atoms with Gasteiger partial charge in [0.25, 0.3) is 0 Å². The Morgan fingerprint density at radius 1 is 1.11 bits per heavy atom. The van der Waals surface area contributed by atoms with Gasteiger partial charge in [-0.2, -0.15) is 0 Å². The van der Waals surface area contributed by atoms with E-state index in [0.717, 1.165) is 11.4 Å². The first kappa shape index (κ1) is 12.9. The Hall–Kier alpha value is -1.58. The fourth-order valence-corrected chi connectivity index (χ4v) is 2.02. The monoisotopic (exact) mass is 282 g/mol. The predicted molar refractivity (Wildman–Crippen MR) is 77.2 cm³/mol. The summed E-state index contributed by atoms with van der Waals surface area (Å²) >= 11 is 11.9. The molecule has 0 saturated heterocycles. The Morgan fingerprint density at radius 3 is 2.56 bits per heavy atom. The number of para-hydroxylation sites is 1. The predicted octanol–water partition coefficient (Wildman–Crippen LogP) is 4.33. The smallest absolute Gasteiger partial charge is 0.143 e. The summed E-state index contributed by atoms with van der Waals surface area (Å²) in [5.41, 5.74) is 7.97. The number of benzene rings is 2. The zero-order valence-corrected chi connectivity index (χ0v) is 11.2. The molecule has 0 aromatic heterocycles. The highest BCUT2D eigenvalue weighted by Crippen LogP contribution is 2.34. The van der Waals surface area contributed by atoms with Gasteiger partial charge in [-0.25, -0.2) is 0 Å². The van der Waals surface area contributed by atoms with Gasteiger partial charge >= 0.3 is 0 Å². The number of methoxy groups -OCH3 is 1. The van der Waals surface area contributed by atoms with Crippen LogP contribution >= 0.6 is 23.2 Å². The van der Waals surface area contributed by atoms with Crippen LogP contribution in [0.15, 0.2) is 36.4 Å². The summed E-state index contributed by atoms with van der Waals surface area (Å²) in [6.45, 7) is 0. The van der Waals surface area contributed by atoms with Crippen molar-refractivity contribution in [3.05, 3.63) is 46.4 Å². The summed E-state index contributed by atoms with van der Waals surface area (Å²) in [5, 5.41) is 4.27. The van der Waals surface area contributed by atoms with Gasteiger partial charge in [0.15, 0.2) is 0 Å². The van der Waals surface area contributed by atoms with Gasteiger partial charge in [0, 0.05) is 5.02 Å². The van der Waals surface area contributed by atoms with Crippen molar-refractivity contribution in [1.82, 2.24) is 0 Å². The lowest BCUT2D eigenvalue weighted by Gasteiger charge is -2.13. The maximum atomic E-state index is 6.09. The van der Waals surface area contributed by atoms with E-state index in [0.29, 0.717) is 21.5 Å². The lowest BCUT2D eigenvalue weighted by molar-refractivity contribution is 0.417. The molecule has 0 radical (unpaired) electrons. The van der Waals surface area contributed by atoms with Crippen molar-refractivity contribution in [2.45, 2.75) is 0 Å². The van der Waals surface area contributed by atoms with E-state index in [9.17, 15) is 0 Å². The van der Waals surface area contributed by atoms with Gasteiger partial charge < -0.3 is 15.8 Å². The summed E-state index contributed by atoms with van der Waals surface area (Å²) in [6, 6.07) is 10.7. The zero-order chi connectivity index (χ0) is 13.1. The number of nitrogen functional groups attached to an aromatic ring is 1. The van der Waals surface area contributed by atoms with Crippen LogP contribution in [0.2, 0.25) is 10.0 Å². The molecule has 0 aliphatic heterocycles. The topological polar surface area (TPSA) is 47.3 Å². The van der Waals surface area contributed by atoms with Crippen LogP contribution in [0.5, 0.6) is 5.75 Å². The lowest BCUT2D eigenvalue weighted by Crippen LogP contribution is -1.99. The van der Waals surface area contributed by atoms with Gasteiger partial charge in [-0.05, 0) is 30.3 Å². The Balaban J connectivity index is 2.34. The Morgan fingerprint density at radius 2 is 1.89 bits per heavy atom. The molecular weight excluding hydrogens is 271 g/mol. The van der Waals surface area contributed by atoms with Crippen molar-refractivity contribution < 1.29 is 4.74 Å². The second-order valence-electron chi connectivity index (χ2n) is 3.67. The van der Waals surface area contributed by atoms with Crippen LogP contribution in [0.3, 0.4) is 0 Å². The fourth-order valence-electron chi connectivity index (χ4n) is 1.57. The molecule has 18 heavy (non-hydrogen) atoms. The maximum Gasteiger partial charge on any atom is 0.143 e. The number of hydrogen-bond acceptors (Lipinski definition) is 3. The minimum absolute atomic E-state index is 0.532. The minimum atomic E-state index is 0.532. The molecule has 0 atom stereocenters. The quantitative estimate of drug-likeness (QED) is 0.824. The Labute approximate surface area is 115 Å². The maximum absolute atomic E-state index is 6.09. The van der Waals surface area contributed by atoms with E-state index in [-0.39, 0.29) is 0 Å².